The van der Waals surface area contributed by atoms with E-state index in [0.29, 0.717) is 6.04 Å². The minimum atomic E-state index is -0.788. The molecule has 0 aromatic heterocycles. The van der Waals surface area contributed by atoms with Gasteiger partial charge in [0, 0.05) is 17.7 Å². The third kappa shape index (κ3) is 5.01. The molecular formula is C20H21F3N2O2. The van der Waals surface area contributed by atoms with Crippen molar-refractivity contribution in [2.24, 2.45) is 0 Å². The molecule has 2 aromatic rings. The fourth-order valence-electron chi connectivity index (χ4n) is 3.35. The molecule has 4 nitrogen and oxygen atoms in total. The largest absolute Gasteiger partial charge is 0.449 e. The van der Waals surface area contributed by atoms with Crippen molar-refractivity contribution >= 4 is 11.8 Å². The lowest BCUT2D eigenvalue weighted by atomic mass is 10.0. The Morgan fingerprint density at radius 2 is 1.89 bits per heavy atom. The number of ether oxygens (including phenoxy) is 1. The predicted octanol–water partition coefficient (Wildman–Crippen LogP) is 4.80. The van der Waals surface area contributed by atoms with Crippen LogP contribution in [0.5, 0.6) is 0 Å². The van der Waals surface area contributed by atoms with Crippen LogP contribution in [0.2, 0.25) is 0 Å². The highest BCUT2D eigenvalue weighted by molar-refractivity contribution is 5.91. The zero-order chi connectivity index (χ0) is 19.4. The van der Waals surface area contributed by atoms with Gasteiger partial charge in [-0.2, -0.15) is 0 Å². The van der Waals surface area contributed by atoms with E-state index in [1.165, 1.54) is 6.07 Å². The second kappa shape index (κ2) is 8.43. The van der Waals surface area contributed by atoms with Gasteiger partial charge in [0.1, 0.15) is 17.5 Å². The smallest absolute Gasteiger partial charge is 0.411 e. The number of halogens is 3. The molecule has 1 atom stereocenters. The molecule has 7 heteroatoms. The summed E-state index contributed by atoms with van der Waals surface area (Å²) < 4.78 is 45.9. The van der Waals surface area contributed by atoms with Crippen LogP contribution in [0.4, 0.5) is 23.7 Å². The van der Waals surface area contributed by atoms with Gasteiger partial charge in [-0.25, -0.2) is 18.0 Å². The highest BCUT2D eigenvalue weighted by Gasteiger charge is 2.21. The van der Waals surface area contributed by atoms with Gasteiger partial charge in [0.2, 0.25) is 0 Å². The molecule has 1 fully saturated rings. The van der Waals surface area contributed by atoms with E-state index in [2.05, 4.69) is 10.2 Å². The van der Waals surface area contributed by atoms with Crippen LogP contribution in [0, 0.1) is 17.5 Å². The number of carbonyl (C=O) groups is 1. The zero-order valence-electron chi connectivity index (χ0n) is 15.0. The molecule has 1 heterocycles. The number of anilines is 1. The fraction of sp³-hybridized carbons (Fsp3) is 0.350. The van der Waals surface area contributed by atoms with Gasteiger partial charge in [-0.3, -0.25) is 5.32 Å². The first-order valence-electron chi connectivity index (χ1n) is 8.82. The molecule has 27 heavy (non-hydrogen) atoms. The zero-order valence-corrected chi connectivity index (χ0v) is 15.0. The number of nitrogens with zero attached hydrogens (tertiary/aromatic N) is 1. The van der Waals surface area contributed by atoms with Crippen molar-refractivity contribution in [3.8, 4) is 11.1 Å². The standard InChI is InChI=1S/C20H21F3N2O2/c1-25-7-2-3-17(25)6-8-27-20(26)24-19-5-4-14(21)12-18(19)13-9-15(22)11-16(23)10-13/h4-5,9-12,17H,2-3,6-8H2,1H3,(H,24,26). The number of rotatable bonds is 5. The molecule has 1 N–H and O–H groups in total. The monoisotopic (exact) mass is 378 g/mol. The Balaban J connectivity index is 1.68. The van der Waals surface area contributed by atoms with E-state index in [1.54, 1.807) is 0 Å². The maximum absolute atomic E-state index is 13.6. The SMILES string of the molecule is CN1CCCC1CCOC(=O)Nc1ccc(F)cc1-c1cc(F)cc(F)c1. The van der Waals surface area contributed by atoms with Gasteiger partial charge < -0.3 is 9.64 Å². The third-order valence-corrected chi connectivity index (χ3v) is 4.75. The Morgan fingerprint density at radius 1 is 1.15 bits per heavy atom. The van der Waals surface area contributed by atoms with Gasteiger partial charge in [-0.05, 0) is 68.8 Å². The van der Waals surface area contributed by atoms with E-state index in [9.17, 15) is 18.0 Å². The number of likely N-dealkylation sites (tertiary alicyclic amines) is 1. The summed E-state index contributed by atoms with van der Waals surface area (Å²) in [5, 5.41) is 2.53. The summed E-state index contributed by atoms with van der Waals surface area (Å²) in [6, 6.07) is 6.87. The summed E-state index contributed by atoms with van der Waals surface area (Å²) >= 11 is 0. The predicted molar refractivity (Wildman–Crippen MR) is 97.0 cm³/mol. The average molecular weight is 378 g/mol. The van der Waals surface area contributed by atoms with Crippen molar-refractivity contribution in [3.05, 3.63) is 53.8 Å². The molecule has 1 unspecified atom stereocenters. The molecular weight excluding hydrogens is 357 g/mol. The maximum Gasteiger partial charge on any atom is 0.411 e. The van der Waals surface area contributed by atoms with Crippen LogP contribution in [0.15, 0.2) is 36.4 Å². The van der Waals surface area contributed by atoms with Gasteiger partial charge in [0.25, 0.3) is 0 Å². The summed E-state index contributed by atoms with van der Waals surface area (Å²) in [7, 11) is 2.04. The van der Waals surface area contributed by atoms with Gasteiger partial charge in [-0.15, -0.1) is 0 Å². The Morgan fingerprint density at radius 3 is 2.56 bits per heavy atom. The quantitative estimate of drug-likeness (QED) is 0.812. The Labute approximate surface area is 155 Å². The summed E-state index contributed by atoms with van der Waals surface area (Å²) in [5.74, 6) is -2.16. The second-order valence-electron chi connectivity index (χ2n) is 6.67. The van der Waals surface area contributed by atoms with Crippen molar-refractivity contribution in [1.82, 2.24) is 4.90 Å². The van der Waals surface area contributed by atoms with E-state index in [1.807, 2.05) is 7.05 Å². The Bertz CT molecular complexity index is 809. The van der Waals surface area contributed by atoms with E-state index >= 15 is 0 Å². The minimum Gasteiger partial charge on any atom is -0.449 e. The number of carbonyl (C=O) groups excluding carboxylic acids is 1. The third-order valence-electron chi connectivity index (χ3n) is 4.75. The summed E-state index contributed by atoms with van der Waals surface area (Å²) in [5.41, 5.74) is 0.500. The van der Waals surface area contributed by atoms with Crippen molar-refractivity contribution in [3.63, 3.8) is 0 Å². The molecule has 2 aromatic carbocycles. The molecule has 0 spiro atoms. The Hall–Kier alpha value is -2.54. The first-order valence-corrected chi connectivity index (χ1v) is 8.82. The lowest BCUT2D eigenvalue weighted by Gasteiger charge is -2.19. The van der Waals surface area contributed by atoms with Crippen molar-refractivity contribution in [1.29, 1.82) is 0 Å². The van der Waals surface area contributed by atoms with Crippen LogP contribution in [-0.4, -0.2) is 37.2 Å². The van der Waals surface area contributed by atoms with Crippen LogP contribution >= 0.6 is 0 Å². The maximum atomic E-state index is 13.6. The molecule has 1 aliphatic heterocycles. The second-order valence-corrected chi connectivity index (χ2v) is 6.67. The van der Waals surface area contributed by atoms with Gasteiger partial charge in [-0.1, -0.05) is 0 Å². The van der Waals surface area contributed by atoms with E-state index < -0.39 is 23.5 Å². The minimum absolute atomic E-state index is 0.120. The van der Waals surface area contributed by atoms with E-state index in [0.717, 1.165) is 56.1 Å². The first kappa shape index (κ1) is 19.2. The van der Waals surface area contributed by atoms with Crippen LogP contribution in [0.1, 0.15) is 19.3 Å². The topological polar surface area (TPSA) is 41.6 Å². The van der Waals surface area contributed by atoms with Crippen LogP contribution in [-0.2, 0) is 4.74 Å². The Kier molecular flexibility index (Phi) is 6.01. The molecule has 1 aliphatic rings. The molecule has 0 radical (unpaired) electrons. The lowest BCUT2D eigenvalue weighted by Crippen LogP contribution is -2.27. The number of benzene rings is 2. The molecule has 1 saturated heterocycles. The van der Waals surface area contributed by atoms with Crippen molar-refractivity contribution in [2.75, 3.05) is 25.5 Å². The van der Waals surface area contributed by atoms with Crippen LogP contribution < -0.4 is 5.32 Å². The normalized spacial score (nSPS) is 17.1. The molecule has 144 valence electrons. The summed E-state index contributed by atoms with van der Waals surface area (Å²) in [6.07, 6.45) is 2.25. The van der Waals surface area contributed by atoms with Crippen molar-refractivity contribution in [2.45, 2.75) is 25.3 Å². The number of hydrogen-bond acceptors (Lipinski definition) is 3. The van der Waals surface area contributed by atoms with Crippen LogP contribution in [0.3, 0.4) is 0 Å². The van der Waals surface area contributed by atoms with E-state index in [4.69, 9.17) is 4.74 Å². The number of hydrogen-bond donors (Lipinski definition) is 1. The van der Waals surface area contributed by atoms with Gasteiger partial charge in [0.05, 0.1) is 12.3 Å². The van der Waals surface area contributed by atoms with Gasteiger partial charge >= 0.3 is 6.09 Å². The fourth-order valence-corrected chi connectivity index (χ4v) is 3.35. The van der Waals surface area contributed by atoms with E-state index in [-0.39, 0.29) is 23.4 Å². The van der Waals surface area contributed by atoms with Crippen LogP contribution in [0.25, 0.3) is 11.1 Å². The van der Waals surface area contributed by atoms with Crippen molar-refractivity contribution < 1.29 is 22.7 Å². The number of nitrogens with one attached hydrogen (secondary N) is 1. The lowest BCUT2D eigenvalue weighted by molar-refractivity contribution is 0.147. The molecule has 3 rings (SSSR count). The molecule has 0 bridgehead atoms. The molecule has 0 saturated carbocycles. The van der Waals surface area contributed by atoms with Gasteiger partial charge in [0.15, 0.2) is 0 Å². The highest BCUT2D eigenvalue weighted by atomic mass is 19.1. The number of amides is 1. The summed E-state index contributed by atoms with van der Waals surface area (Å²) in [6.45, 7) is 1.30. The first-order chi connectivity index (χ1) is 12.9. The summed E-state index contributed by atoms with van der Waals surface area (Å²) in [4.78, 5) is 14.3. The molecule has 0 aliphatic carbocycles. The average Bonchev–Trinajstić information content (AvgIpc) is 3.01. The molecule has 1 amide bonds. The highest BCUT2D eigenvalue weighted by Crippen LogP contribution is 2.30.